The summed E-state index contributed by atoms with van der Waals surface area (Å²) in [6.07, 6.45) is 0. The van der Waals surface area contributed by atoms with Gasteiger partial charge in [-0.25, -0.2) is 29.9 Å². The fourth-order valence-electron chi connectivity index (χ4n) is 2.92. The molecule has 0 saturated carbocycles. The Bertz CT molecular complexity index is 1100. The van der Waals surface area contributed by atoms with E-state index in [0.717, 1.165) is 34.2 Å². The van der Waals surface area contributed by atoms with E-state index in [-0.39, 0.29) is 0 Å². The van der Waals surface area contributed by atoms with Crippen molar-refractivity contribution in [3.8, 4) is 0 Å². The molecule has 0 fully saturated rings. The molecule has 0 unspecified atom stereocenters. The quantitative estimate of drug-likeness (QED) is 0.349. The van der Waals surface area contributed by atoms with E-state index in [1.165, 1.54) is 35.3 Å². The standard InChI is InChI=1S/C21H21N9S3/c1-10-7-11(2)23-16(22-10)31-19-28-20(32-17-24-12(3)8-13(4)25-17)30-21(29-19)33-18-26-14(5)9-15(6)27-18/h7-9H,1-6H3. The van der Waals surface area contributed by atoms with Crippen LogP contribution in [0.1, 0.15) is 34.2 Å². The summed E-state index contributed by atoms with van der Waals surface area (Å²) in [5, 5.41) is 3.18. The zero-order valence-corrected chi connectivity index (χ0v) is 21.4. The molecule has 0 atom stereocenters. The largest absolute Gasteiger partial charge is 0.228 e. The van der Waals surface area contributed by atoms with Crippen LogP contribution < -0.4 is 0 Å². The summed E-state index contributed by atoms with van der Waals surface area (Å²) in [6.45, 7) is 11.6. The zero-order valence-electron chi connectivity index (χ0n) is 19.0. The average molecular weight is 496 g/mol. The highest BCUT2D eigenvalue weighted by Crippen LogP contribution is 2.30. The molecule has 0 aliphatic carbocycles. The molecular weight excluding hydrogens is 474 g/mol. The van der Waals surface area contributed by atoms with Crippen LogP contribution in [0.25, 0.3) is 0 Å². The number of nitrogens with zero attached hydrogens (tertiary/aromatic N) is 9. The Kier molecular flexibility index (Phi) is 7.15. The van der Waals surface area contributed by atoms with Gasteiger partial charge >= 0.3 is 0 Å². The molecule has 0 bridgehead atoms. The molecule has 0 aliphatic rings. The van der Waals surface area contributed by atoms with E-state index in [1.807, 2.05) is 59.7 Å². The Morgan fingerprint density at radius 1 is 0.333 bits per heavy atom. The highest BCUT2D eigenvalue weighted by atomic mass is 32.2. The average Bonchev–Trinajstić information content (AvgIpc) is 2.65. The number of aromatic nitrogens is 9. The number of hydrogen-bond acceptors (Lipinski definition) is 12. The Labute approximate surface area is 204 Å². The van der Waals surface area contributed by atoms with Crippen LogP contribution in [0.15, 0.2) is 49.1 Å². The summed E-state index contributed by atoms with van der Waals surface area (Å²) in [6, 6.07) is 5.78. The third-order valence-electron chi connectivity index (χ3n) is 4.01. The van der Waals surface area contributed by atoms with Crippen LogP contribution in [0.2, 0.25) is 0 Å². The molecule has 0 spiro atoms. The van der Waals surface area contributed by atoms with E-state index < -0.39 is 0 Å². The fourth-order valence-corrected chi connectivity index (χ4v) is 5.51. The number of aryl methyl sites for hydroxylation is 6. The second-order valence-electron chi connectivity index (χ2n) is 7.29. The molecule has 9 nitrogen and oxygen atoms in total. The van der Waals surface area contributed by atoms with Gasteiger partial charge < -0.3 is 0 Å². The highest BCUT2D eigenvalue weighted by molar-refractivity contribution is 8.00. The summed E-state index contributed by atoms with van der Waals surface area (Å²) in [7, 11) is 0. The molecule has 33 heavy (non-hydrogen) atoms. The van der Waals surface area contributed by atoms with Crippen molar-refractivity contribution in [2.75, 3.05) is 0 Å². The smallest absolute Gasteiger partial charge is 0.200 e. The minimum absolute atomic E-state index is 0.480. The maximum atomic E-state index is 4.61. The lowest BCUT2D eigenvalue weighted by Gasteiger charge is -2.07. The molecular formula is C21H21N9S3. The molecule has 12 heteroatoms. The first-order valence-electron chi connectivity index (χ1n) is 9.98. The Balaban J connectivity index is 1.71. The van der Waals surface area contributed by atoms with Gasteiger partial charge in [0.2, 0.25) is 0 Å². The van der Waals surface area contributed by atoms with Crippen LogP contribution in [-0.4, -0.2) is 44.9 Å². The van der Waals surface area contributed by atoms with Gasteiger partial charge in [-0.3, -0.25) is 0 Å². The molecule has 4 aromatic heterocycles. The first-order valence-corrected chi connectivity index (χ1v) is 12.4. The monoisotopic (exact) mass is 495 g/mol. The first kappa shape index (κ1) is 23.5. The maximum Gasteiger partial charge on any atom is 0.200 e. The number of hydrogen-bond donors (Lipinski definition) is 0. The molecule has 0 N–H and O–H groups in total. The van der Waals surface area contributed by atoms with Crippen molar-refractivity contribution in [2.45, 2.75) is 72.5 Å². The van der Waals surface area contributed by atoms with E-state index in [9.17, 15) is 0 Å². The van der Waals surface area contributed by atoms with Crippen LogP contribution in [0, 0.1) is 41.5 Å². The Hall–Kier alpha value is -2.70. The Morgan fingerprint density at radius 2 is 0.515 bits per heavy atom. The summed E-state index contributed by atoms with van der Waals surface area (Å²) in [5.41, 5.74) is 5.31. The summed E-state index contributed by atoms with van der Waals surface area (Å²) < 4.78 is 0. The predicted octanol–water partition coefficient (Wildman–Crippen LogP) is 4.55. The molecule has 0 aliphatic heterocycles. The van der Waals surface area contributed by atoms with Crippen molar-refractivity contribution >= 4 is 35.3 Å². The minimum atomic E-state index is 0.480. The number of rotatable bonds is 6. The topological polar surface area (TPSA) is 116 Å². The lowest BCUT2D eigenvalue weighted by atomic mass is 10.4. The SMILES string of the molecule is Cc1cc(C)nc(Sc2nc(Sc3nc(C)cc(C)n3)nc(Sc3nc(C)cc(C)n3)n2)n1. The van der Waals surface area contributed by atoms with Gasteiger partial charge in [0.15, 0.2) is 30.9 Å². The van der Waals surface area contributed by atoms with E-state index in [4.69, 9.17) is 0 Å². The minimum Gasteiger partial charge on any atom is -0.228 e. The summed E-state index contributed by atoms with van der Waals surface area (Å²) in [5.74, 6) is 0. The van der Waals surface area contributed by atoms with Crippen LogP contribution in [0.3, 0.4) is 0 Å². The molecule has 0 radical (unpaired) electrons. The van der Waals surface area contributed by atoms with E-state index in [2.05, 4.69) is 44.9 Å². The van der Waals surface area contributed by atoms with Crippen molar-refractivity contribution in [1.29, 1.82) is 0 Å². The van der Waals surface area contributed by atoms with Gasteiger partial charge in [-0.15, -0.1) is 0 Å². The van der Waals surface area contributed by atoms with Gasteiger partial charge in [0, 0.05) is 34.2 Å². The van der Waals surface area contributed by atoms with Crippen molar-refractivity contribution in [3.63, 3.8) is 0 Å². The van der Waals surface area contributed by atoms with Crippen molar-refractivity contribution < 1.29 is 0 Å². The fraction of sp³-hybridized carbons (Fsp3) is 0.286. The molecule has 0 amide bonds. The maximum absolute atomic E-state index is 4.61. The van der Waals surface area contributed by atoms with Gasteiger partial charge in [0.05, 0.1) is 0 Å². The van der Waals surface area contributed by atoms with E-state index in [0.29, 0.717) is 30.9 Å². The third kappa shape index (κ3) is 6.65. The summed E-state index contributed by atoms with van der Waals surface area (Å²) >= 11 is 3.86. The summed E-state index contributed by atoms with van der Waals surface area (Å²) in [4.78, 5) is 40.8. The molecule has 4 aromatic rings. The van der Waals surface area contributed by atoms with Gasteiger partial charge in [0.25, 0.3) is 0 Å². The molecule has 4 rings (SSSR count). The van der Waals surface area contributed by atoms with Crippen LogP contribution in [0.5, 0.6) is 0 Å². The van der Waals surface area contributed by atoms with Crippen LogP contribution >= 0.6 is 35.3 Å². The van der Waals surface area contributed by atoms with Crippen LogP contribution in [0.4, 0.5) is 0 Å². The first-order chi connectivity index (χ1) is 15.7. The van der Waals surface area contributed by atoms with Crippen molar-refractivity contribution in [1.82, 2.24) is 44.9 Å². The second-order valence-corrected chi connectivity index (χ2v) is 10.1. The van der Waals surface area contributed by atoms with Crippen molar-refractivity contribution in [3.05, 3.63) is 52.4 Å². The van der Waals surface area contributed by atoms with E-state index >= 15 is 0 Å². The van der Waals surface area contributed by atoms with Crippen molar-refractivity contribution in [2.24, 2.45) is 0 Å². The second kappa shape index (κ2) is 10.1. The lowest BCUT2D eigenvalue weighted by molar-refractivity contribution is 0.710. The molecule has 168 valence electrons. The molecule has 0 aromatic carbocycles. The van der Waals surface area contributed by atoms with Gasteiger partial charge in [-0.2, -0.15) is 15.0 Å². The van der Waals surface area contributed by atoms with Crippen LogP contribution in [-0.2, 0) is 0 Å². The van der Waals surface area contributed by atoms with Gasteiger partial charge in [-0.1, -0.05) is 0 Å². The molecule has 4 heterocycles. The highest BCUT2D eigenvalue weighted by Gasteiger charge is 2.15. The zero-order chi connectivity index (χ0) is 23.5. The third-order valence-corrected chi connectivity index (χ3v) is 6.20. The van der Waals surface area contributed by atoms with Gasteiger partial charge in [-0.05, 0) is 95.0 Å². The molecule has 0 saturated heterocycles. The van der Waals surface area contributed by atoms with Gasteiger partial charge in [0.1, 0.15) is 0 Å². The predicted molar refractivity (Wildman–Crippen MR) is 127 cm³/mol. The normalized spacial score (nSPS) is 11.1. The van der Waals surface area contributed by atoms with E-state index in [1.54, 1.807) is 0 Å². The Morgan fingerprint density at radius 3 is 0.727 bits per heavy atom. The lowest BCUT2D eigenvalue weighted by Crippen LogP contribution is -2.01.